The van der Waals surface area contributed by atoms with Gasteiger partial charge in [-0.15, -0.1) is 0 Å². The molecule has 0 aromatic heterocycles. The Hall–Kier alpha value is -3.44. The van der Waals surface area contributed by atoms with E-state index in [1.807, 2.05) is 0 Å². The summed E-state index contributed by atoms with van der Waals surface area (Å²) in [6, 6.07) is 11.6. The van der Waals surface area contributed by atoms with Gasteiger partial charge in [0.1, 0.15) is 0 Å². The smallest absolute Gasteiger partial charge is 0.266 e. The van der Waals surface area contributed by atoms with Gasteiger partial charge in [0.05, 0.1) is 21.0 Å². The summed E-state index contributed by atoms with van der Waals surface area (Å²) >= 11 is 6.17. The van der Waals surface area contributed by atoms with Crippen molar-refractivity contribution in [2.45, 2.75) is 0 Å². The molecule has 0 unspecified atom stereocenters. The van der Waals surface area contributed by atoms with E-state index in [0.29, 0.717) is 11.1 Å². The lowest BCUT2D eigenvalue weighted by molar-refractivity contribution is -0.385. The number of thiocarbonyl (C=S) groups is 1. The van der Waals surface area contributed by atoms with Gasteiger partial charge in [-0.05, 0) is 23.9 Å². The molecule has 1 aliphatic heterocycles. The zero-order valence-corrected chi connectivity index (χ0v) is 15.6. The fourth-order valence-electron chi connectivity index (χ4n) is 2.28. The number of hydrazone groups is 1. The van der Waals surface area contributed by atoms with E-state index in [9.17, 15) is 25.0 Å². The number of hydrogen-bond donors (Lipinski definition) is 0. The summed E-state index contributed by atoms with van der Waals surface area (Å²) in [7, 11) is 0. The van der Waals surface area contributed by atoms with Crippen LogP contribution in [0.2, 0.25) is 0 Å². The van der Waals surface area contributed by atoms with Crippen LogP contribution in [-0.2, 0) is 4.79 Å². The van der Waals surface area contributed by atoms with E-state index in [1.165, 1.54) is 48.7 Å². The maximum absolute atomic E-state index is 12.5. The number of carbonyl (C=O) groups is 1. The summed E-state index contributed by atoms with van der Waals surface area (Å²) in [6.45, 7) is 0. The van der Waals surface area contributed by atoms with Gasteiger partial charge in [-0.1, -0.05) is 36.0 Å². The summed E-state index contributed by atoms with van der Waals surface area (Å²) < 4.78 is 0.184. The lowest BCUT2D eigenvalue weighted by atomic mass is 10.2. The van der Waals surface area contributed by atoms with Crippen LogP contribution in [0.15, 0.2) is 58.5 Å². The topological polar surface area (TPSA) is 119 Å². The van der Waals surface area contributed by atoms with Gasteiger partial charge in [0, 0.05) is 29.8 Å². The van der Waals surface area contributed by atoms with Crippen molar-refractivity contribution in [1.82, 2.24) is 5.01 Å². The molecule has 0 N–H and O–H groups in total. The maximum atomic E-state index is 12.5. The van der Waals surface area contributed by atoms with Gasteiger partial charge in [-0.2, -0.15) is 10.1 Å². The van der Waals surface area contributed by atoms with Crippen molar-refractivity contribution < 1.29 is 14.6 Å². The van der Waals surface area contributed by atoms with Crippen LogP contribution in [0.25, 0.3) is 6.08 Å². The van der Waals surface area contributed by atoms with Gasteiger partial charge in [0.25, 0.3) is 17.3 Å². The van der Waals surface area contributed by atoms with Gasteiger partial charge < -0.3 is 0 Å². The SMILES string of the molecule is O=C1C(=Cc2cccc([N+](=O)[O-])c2)SC(=S)N1N=Cc1cccc([N+](=O)[O-])c1. The average molecular weight is 414 g/mol. The number of nitrogens with zero attached hydrogens (tertiary/aromatic N) is 4. The first-order chi connectivity index (χ1) is 13.3. The number of nitro groups is 2. The highest BCUT2D eigenvalue weighted by Crippen LogP contribution is 2.33. The fourth-order valence-corrected chi connectivity index (χ4v) is 3.45. The predicted octanol–water partition coefficient (Wildman–Crippen LogP) is 3.74. The summed E-state index contributed by atoms with van der Waals surface area (Å²) in [5.41, 5.74) is 0.733. The van der Waals surface area contributed by atoms with Crippen molar-refractivity contribution in [3.63, 3.8) is 0 Å². The Morgan fingerprint density at radius 3 is 2.18 bits per heavy atom. The molecule has 0 bridgehead atoms. The van der Waals surface area contributed by atoms with Gasteiger partial charge >= 0.3 is 0 Å². The highest BCUT2D eigenvalue weighted by atomic mass is 32.2. The normalized spacial score (nSPS) is 15.6. The van der Waals surface area contributed by atoms with Crippen LogP contribution in [0.4, 0.5) is 11.4 Å². The minimum atomic E-state index is -0.529. The van der Waals surface area contributed by atoms with Crippen LogP contribution >= 0.6 is 24.0 Å². The molecule has 0 atom stereocenters. The molecule has 11 heteroatoms. The molecule has 140 valence electrons. The average Bonchev–Trinajstić information content (AvgIpc) is 2.93. The van der Waals surface area contributed by atoms with E-state index < -0.39 is 15.8 Å². The molecule has 28 heavy (non-hydrogen) atoms. The Morgan fingerprint density at radius 2 is 1.57 bits per heavy atom. The molecule has 1 amide bonds. The number of benzene rings is 2. The van der Waals surface area contributed by atoms with E-state index in [1.54, 1.807) is 12.1 Å². The van der Waals surface area contributed by atoms with Crippen LogP contribution in [0, 0.1) is 20.2 Å². The molecular formula is C17H10N4O5S2. The molecule has 2 aromatic rings. The first-order valence-electron chi connectivity index (χ1n) is 7.66. The van der Waals surface area contributed by atoms with Crippen molar-refractivity contribution in [2.75, 3.05) is 0 Å². The van der Waals surface area contributed by atoms with Crippen molar-refractivity contribution in [3.8, 4) is 0 Å². The number of rotatable bonds is 5. The number of hydrogen-bond acceptors (Lipinski definition) is 8. The van der Waals surface area contributed by atoms with Crippen LogP contribution in [0.3, 0.4) is 0 Å². The van der Waals surface area contributed by atoms with Crippen LogP contribution in [0.1, 0.15) is 11.1 Å². The van der Waals surface area contributed by atoms with Gasteiger partial charge in [0.2, 0.25) is 0 Å². The summed E-state index contributed by atoms with van der Waals surface area (Å²) in [5, 5.41) is 26.7. The Labute approximate surface area is 167 Å². The van der Waals surface area contributed by atoms with Crippen LogP contribution in [0.5, 0.6) is 0 Å². The molecule has 3 rings (SSSR count). The third-order valence-corrected chi connectivity index (χ3v) is 4.84. The highest BCUT2D eigenvalue weighted by Gasteiger charge is 2.32. The fraction of sp³-hybridized carbons (Fsp3) is 0. The summed E-state index contributed by atoms with van der Waals surface area (Å²) in [4.78, 5) is 33.4. The van der Waals surface area contributed by atoms with E-state index in [2.05, 4.69) is 5.10 Å². The van der Waals surface area contributed by atoms with E-state index >= 15 is 0 Å². The zero-order valence-electron chi connectivity index (χ0n) is 13.9. The summed E-state index contributed by atoms with van der Waals surface area (Å²) in [5.74, 6) is -0.483. The second-order valence-corrected chi connectivity index (χ2v) is 7.12. The second-order valence-electron chi connectivity index (χ2n) is 5.44. The molecule has 0 aliphatic carbocycles. The largest absolute Gasteiger partial charge is 0.286 e. The Bertz CT molecular complexity index is 1070. The first kappa shape index (κ1) is 19.3. The first-order valence-corrected chi connectivity index (χ1v) is 8.88. The minimum Gasteiger partial charge on any atom is -0.266 e. The van der Waals surface area contributed by atoms with Crippen molar-refractivity contribution >= 4 is 57.9 Å². The lowest BCUT2D eigenvalue weighted by Gasteiger charge is -2.06. The molecule has 1 fully saturated rings. The Morgan fingerprint density at radius 1 is 1.00 bits per heavy atom. The third-order valence-electron chi connectivity index (χ3n) is 3.56. The van der Waals surface area contributed by atoms with Gasteiger partial charge in [-0.3, -0.25) is 25.0 Å². The zero-order chi connectivity index (χ0) is 20.3. The predicted molar refractivity (Wildman–Crippen MR) is 109 cm³/mol. The molecule has 9 nitrogen and oxygen atoms in total. The number of carbonyl (C=O) groups excluding carboxylic acids is 1. The minimum absolute atomic E-state index is 0.0899. The second kappa shape index (κ2) is 8.06. The summed E-state index contributed by atoms with van der Waals surface area (Å²) in [6.07, 6.45) is 2.79. The lowest BCUT2D eigenvalue weighted by Crippen LogP contribution is -2.22. The van der Waals surface area contributed by atoms with Gasteiger partial charge in [0.15, 0.2) is 4.32 Å². The molecule has 0 spiro atoms. The number of nitro benzene ring substituents is 2. The third kappa shape index (κ3) is 4.27. The standard InChI is InChI=1S/C17H10N4O5S2/c22-16-15(9-11-3-1-5-13(7-11)20(23)24)28-17(27)19(16)18-10-12-4-2-6-14(8-12)21(25)26/h1-10H. The van der Waals surface area contributed by atoms with Gasteiger partial charge in [-0.25, -0.2) is 0 Å². The van der Waals surface area contributed by atoms with E-state index in [0.717, 1.165) is 16.8 Å². The number of thioether (sulfide) groups is 1. The molecule has 0 radical (unpaired) electrons. The van der Waals surface area contributed by atoms with Crippen molar-refractivity contribution in [3.05, 3.63) is 84.8 Å². The quantitative estimate of drug-likeness (QED) is 0.240. The Kier molecular flexibility index (Phi) is 5.57. The number of non-ortho nitro benzene ring substituents is 2. The van der Waals surface area contributed by atoms with Crippen LogP contribution in [-0.4, -0.2) is 31.3 Å². The molecule has 0 saturated carbocycles. The Balaban J connectivity index is 1.82. The monoisotopic (exact) mass is 414 g/mol. The van der Waals surface area contributed by atoms with E-state index in [-0.39, 0.29) is 20.6 Å². The van der Waals surface area contributed by atoms with Crippen LogP contribution < -0.4 is 0 Å². The molecule has 1 saturated heterocycles. The van der Waals surface area contributed by atoms with Crippen molar-refractivity contribution in [2.24, 2.45) is 5.10 Å². The molecule has 2 aromatic carbocycles. The maximum Gasteiger partial charge on any atom is 0.286 e. The molecular weight excluding hydrogens is 404 g/mol. The number of amides is 1. The molecule has 1 aliphatic rings. The highest BCUT2D eigenvalue weighted by molar-refractivity contribution is 8.26. The van der Waals surface area contributed by atoms with E-state index in [4.69, 9.17) is 12.2 Å². The van der Waals surface area contributed by atoms with Crippen molar-refractivity contribution in [1.29, 1.82) is 0 Å². The molecule has 1 heterocycles.